The molecule has 1 fully saturated rings. The van der Waals surface area contributed by atoms with Gasteiger partial charge in [-0.05, 0) is 43.3 Å². The highest BCUT2D eigenvalue weighted by Crippen LogP contribution is 2.28. The van der Waals surface area contributed by atoms with Crippen LogP contribution in [0.3, 0.4) is 0 Å². The van der Waals surface area contributed by atoms with E-state index < -0.39 is 5.92 Å². The van der Waals surface area contributed by atoms with Crippen molar-refractivity contribution in [2.24, 2.45) is 5.92 Å². The SMILES string of the molecule is Cc1ccc(N2CC(C(=O)Nc3ccc(-c4nc(-c5ccccc5)co4)cc3)CC2=O)cc1. The Morgan fingerprint density at radius 2 is 1.70 bits per heavy atom. The smallest absolute Gasteiger partial charge is 0.229 e. The molecule has 3 aromatic carbocycles. The lowest BCUT2D eigenvalue weighted by atomic mass is 10.1. The summed E-state index contributed by atoms with van der Waals surface area (Å²) in [6.07, 6.45) is 1.84. The van der Waals surface area contributed by atoms with E-state index in [9.17, 15) is 9.59 Å². The first-order valence-electron chi connectivity index (χ1n) is 10.9. The zero-order valence-corrected chi connectivity index (χ0v) is 18.2. The van der Waals surface area contributed by atoms with Crippen molar-refractivity contribution in [2.45, 2.75) is 13.3 Å². The molecule has 6 nitrogen and oxygen atoms in total. The predicted octanol–water partition coefficient (Wildman–Crippen LogP) is 5.31. The zero-order chi connectivity index (χ0) is 22.8. The normalized spacial score (nSPS) is 15.6. The first-order valence-corrected chi connectivity index (χ1v) is 10.9. The molecule has 1 unspecified atom stereocenters. The van der Waals surface area contributed by atoms with Crippen molar-refractivity contribution in [1.82, 2.24) is 4.98 Å². The number of nitrogens with zero attached hydrogens (tertiary/aromatic N) is 2. The first kappa shape index (κ1) is 20.7. The average Bonchev–Trinajstić information content (AvgIpc) is 3.48. The number of nitrogens with one attached hydrogen (secondary N) is 1. The van der Waals surface area contributed by atoms with Gasteiger partial charge < -0.3 is 14.6 Å². The largest absolute Gasteiger partial charge is 0.444 e. The molecule has 1 aromatic heterocycles. The Kier molecular flexibility index (Phi) is 5.48. The van der Waals surface area contributed by atoms with Gasteiger partial charge in [-0.2, -0.15) is 0 Å². The monoisotopic (exact) mass is 437 g/mol. The van der Waals surface area contributed by atoms with Crippen molar-refractivity contribution >= 4 is 23.2 Å². The fraction of sp³-hybridized carbons (Fsp3) is 0.148. The molecule has 2 amide bonds. The summed E-state index contributed by atoms with van der Waals surface area (Å²) < 4.78 is 5.64. The van der Waals surface area contributed by atoms with Crippen LogP contribution in [0.2, 0.25) is 0 Å². The van der Waals surface area contributed by atoms with E-state index in [2.05, 4.69) is 10.3 Å². The molecule has 2 heterocycles. The summed E-state index contributed by atoms with van der Waals surface area (Å²) >= 11 is 0. The van der Waals surface area contributed by atoms with Crippen molar-refractivity contribution in [1.29, 1.82) is 0 Å². The molecule has 5 rings (SSSR count). The van der Waals surface area contributed by atoms with Crippen LogP contribution in [0.4, 0.5) is 11.4 Å². The van der Waals surface area contributed by atoms with E-state index in [4.69, 9.17) is 4.42 Å². The Labute approximate surface area is 191 Å². The minimum absolute atomic E-state index is 0.0348. The van der Waals surface area contributed by atoms with Gasteiger partial charge in [0.05, 0.1) is 5.92 Å². The molecule has 1 atom stereocenters. The summed E-state index contributed by atoms with van der Waals surface area (Å²) in [7, 11) is 0. The number of anilines is 2. The number of hydrogen-bond acceptors (Lipinski definition) is 4. The van der Waals surface area contributed by atoms with Crippen LogP contribution < -0.4 is 10.2 Å². The highest BCUT2D eigenvalue weighted by atomic mass is 16.3. The number of amides is 2. The van der Waals surface area contributed by atoms with Gasteiger partial charge in [0.1, 0.15) is 12.0 Å². The molecule has 33 heavy (non-hydrogen) atoms. The number of aryl methyl sites for hydroxylation is 1. The van der Waals surface area contributed by atoms with Crippen LogP contribution >= 0.6 is 0 Å². The average molecular weight is 437 g/mol. The summed E-state index contributed by atoms with van der Waals surface area (Å²) in [5.41, 5.74) is 5.20. The van der Waals surface area contributed by atoms with Crippen LogP contribution in [0.1, 0.15) is 12.0 Å². The lowest BCUT2D eigenvalue weighted by Gasteiger charge is -2.17. The highest BCUT2D eigenvalue weighted by molar-refractivity contribution is 6.03. The van der Waals surface area contributed by atoms with Crippen molar-refractivity contribution in [3.05, 3.63) is 90.7 Å². The third-order valence-corrected chi connectivity index (χ3v) is 5.81. The van der Waals surface area contributed by atoms with Crippen LogP contribution in [0.5, 0.6) is 0 Å². The van der Waals surface area contributed by atoms with Crippen LogP contribution in [0.15, 0.2) is 89.5 Å². The van der Waals surface area contributed by atoms with E-state index in [1.807, 2.05) is 85.8 Å². The quantitative estimate of drug-likeness (QED) is 0.459. The summed E-state index contributed by atoms with van der Waals surface area (Å²) in [5, 5.41) is 2.93. The van der Waals surface area contributed by atoms with E-state index in [1.165, 1.54) is 0 Å². The molecule has 6 heteroatoms. The number of oxazole rings is 1. The molecule has 0 aliphatic carbocycles. The molecule has 1 aliphatic rings. The van der Waals surface area contributed by atoms with Gasteiger partial charge in [-0.1, -0.05) is 48.0 Å². The first-order chi connectivity index (χ1) is 16.1. The number of aromatic nitrogens is 1. The fourth-order valence-electron chi connectivity index (χ4n) is 3.95. The molecule has 0 radical (unpaired) electrons. The van der Waals surface area contributed by atoms with Crippen molar-refractivity contribution in [2.75, 3.05) is 16.8 Å². The third-order valence-electron chi connectivity index (χ3n) is 5.81. The highest BCUT2D eigenvalue weighted by Gasteiger charge is 2.35. The summed E-state index contributed by atoms with van der Waals surface area (Å²) in [5.74, 6) is -0.0684. The second-order valence-electron chi connectivity index (χ2n) is 8.21. The Balaban J connectivity index is 1.23. The lowest BCUT2D eigenvalue weighted by molar-refractivity contribution is -0.122. The van der Waals surface area contributed by atoms with Crippen LogP contribution in [-0.4, -0.2) is 23.3 Å². The molecule has 0 saturated carbocycles. The topological polar surface area (TPSA) is 75.4 Å². The minimum atomic E-state index is -0.390. The molecular weight excluding hydrogens is 414 g/mol. The number of carbonyl (C=O) groups is 2. The molecule has 0 bridgehead atoms. The molecule has 0 spiro atoms. The number of benzene rings is 3. The Bertz CT molecular complexity index is 1280. The van der Waals surface area contributed by atoms with Gasteiger partial charge in [0.15, 0.2) is 0 Å². The molecule has 1 saturated heterocycles. The van der Waals surface area contributed by atoms with Gasteiger partial charge in [0.2, 0.25) is 17.7 Å². The van der Waals surface area contributed by atoms with E-state index in [1.54, 1.807) is 11.2 Å². The molecule has 1 aliphatic heterocycles. The number of hydrogen-bond donors (Lipinski definition) is 1. The van der Waals surface area contributed by atoms with Crippen LogP contribution in [0.25, 0.3) is 22.7 Å². The van der Waals surface area contributed by atoms with E-state index in [0.29, 0.717) is 18.1 Å². The standard InChI is InChI=1S/C27H23N3O3/c1-18-7-13-23(14-8-18)30-16-21(15-25(30)31)26(32)28-22-11-9-20(10-12-22)27-29-24(17-33-27)19-5-3-2-4-6-19/h2-14,17,21H,15-16H2,1H3,(H,28,32). The second-order valence-corrected chi connectivity index (χ2v) is 8.21. The Morgan fingerprint density at radius 3 is 2.42 bits per heavy atom. The maximum atomic E-state index is 12.8. The van der Waals surface area contributed by atoms with Crippen molar-refractivity contribution in [3.63, 3.8) is 0 Å². The second kappa shape index (κ2) is 8.74. The predicted molar refractivity (Wildman–Crippen MR) is 128 cm³/mol. The van der Waals surface area contributed by atoms with E-state index in [0.717, 1.165) is 28.1 Å². The summed E-state index contributed by atoms with van der Waals surface area (Å²) in [6.45, 7) is 2.38. The number of rotatable bonds is 5. The molecule has 164 valence electrons. The minimum Gasteiger partial charge on any atom is -0.444 e. The summed E-state index contributed by atoms with van der Waals surface area (Å²) in [6, 6.07) is 24.9. The van der Waals surface area contributed by atoms with Gasteiger partial charge in [-0.15, -0.1) is 0 Å². The fourth-order valence-corrected chi connectivity index (χ4v) is 3.95. The molecule has 1 N–H and O–H groups in total. The Hall–Kier alpha value is -4.19. The van der Waals surface area contributed by atoms with Gasteiger partial charge in [0.25, 0.3) is 0 Å². The lowest BCUT2D eigenvalue weighted by Crippen LogP contribution is -2.28. The van der Waals surface area contributed by atoms with E-state index >= 15 is 0 Å². The van der Waals surface area contributed by atoms with E-state index in [-0.39, 0.29) is 18.2 Å². The summed E-state index contributed by atoms with van der Waals surface area (Å²) in [4.78, 5) is 31.5. The molecular formula is C27H23N3O3. The van der Waals surface area contributed by atoms with Crippen LogP contribution in [-0.2, 0) is 9.59 Å². The van der Waals surface area contributed by atoms with Gasteiger partial charge in [0, 0.05) is 35.5 Å². The van der Waals surface area contributed by atoms with Gasteiger partial charge >= 0.3 is 0 Å². The third kappa shape index (κ3) is 4.41. The Morgan fingerprint density at radius 1 is 0.970 bits per heavy atom. The maximum Gasteiger partial charge on any atom is 0.229 e. The van der Waals surface area contributed by atoms with Gasteiger partial charge in [-0.25, -0.2) is 4.98 Å². The van der Waals surface area contributed by atoms with Crippen molar-refractivity contribution < 1.29 is 14.0 Å². The van der Waals surface area contributed by atoms with Gasteiger partial charge in [-0.3, -0.25) is 9.59 Å². The van der Waals surface area contributed by atoms with Crippen molar-refractivity contribution in [3.8, 4) is 22.7 Å². The zero-order valence-electron chi connectivity index (χ0n) is 18.2. The number of carbonyl (C=O) groups excluding carboxylic acids is 2. The molecule has 4 aromatic rings. The van der Waals surface area contributed by atoms with Crippen LogP contribution in [0, 0.1) is 12.8 Å². The maximum absolute atomic E-state index is 12.8.